The maximum atomic E-state index is 12.2. The number of carbonyl (C=O) groups excluding carboxylic acids is 1. The molecule has 0 fully saturated rings. The van der Waals surface area contributed by atoms with Gasteiger partial charge in [0.2, 0.25) is 5.95 Å². The van der Waals surface area contributed by atoms with Crippen molar-refractivity contribution in [1.82, 2.24) is 24.7 Å². The molecule has 0 saturated carbocycles. The van der Waals surface area contributed by atoms with Crippen LogP contribution >= 0.6 is 0 Å². The number of nitrogens with two attached hydrogens (primary N) is 1. The Balaban J connectivity index is 1.62. The zero-order valence-electron chi connectivity index (χ0n) is 21.2. The standard InChI is InChI=1S/C26H28N10O2/c1-35(15-17(12-27)13-29-18-8-5-4-6-9-18)26-30-14-20(23(28)37)25(33-26)32-21-11-7-10-19(22(21)38-3)24-31-16-36(2)34-24/h4-14,16,27,29H,15H2,1-3H3,(H2,28,37)(H,30,32,33)/b17-13+,27-12?. The maximum Gasteiger partial charge on any atom is 0.254 e. The molecule has 4 rings (SSSR count). The smallest absolute Gasteiger partial charge is 0.254 e. The number of nitrogens with zero attached hydrogens (tertiary/aromatic N) is 6. The van der Waals surface area contributed by atoms with E-state index in [-0.39, 0.29) is 11.4 Å². The number of primary amides is 1. The van der Waals surface area contributed by atoms with Crippen LogP contribution in [0.4, 0.5) is 23.1 Å². The highest BCUT2D eigenvalue weighted by Crippen LogP contribution is 2.36. The van der Waals surface area contributed by atoms with Crippen molar-refractivity contribution in [3.05, 3.63) is 78.4 Å². The first-order valence-electron chi connectivity index (χ1n) is 11.6. The summed E-state index contributed by atoms with van der Waals surface area (Å²) in [5.74, 6) is 0.813. The zero-order valence-corrected chi connectivity index (χ0v) is 21.2. The van der Waals surface area contributed by atoms with Crippen LogP contribution in [0.1, 0.15) is 10.4 Å². The molecule has 2 heterocycles. The number of amides is 1. The van der Waals surface area contributed by atoms with Gasteiger partial charge in [0.05, 0.1) is 18.4 Å². The maximum absolute atomic E-state index is 12.2. The van der Waals surface area contributed by atoms with E-state index in [9.17, 15) is 4.79 Å². The summed E-state index contributed by atoms with van der Waals surface area (Å²) in [6.45, 7) is 0.336. The highest BCUT2D eigenvalue weighted by atomic mass is 16.5. The average Bonchev–Trinajstić information content (AvgIpc) is 3.37. The topological polar surface area (TPSA) is 160 Å². The first-order valence-corrected chi connectivity index (χ1v) is 11.6. The molecule has 0 saturated heterocycles. The molecule has 0 radical (unpaired) electrons. The lowest BCUT2D eigenvalue weighted by molar-refractivity contribution is 0.100. The van der Waals surface area contributed by atoms with Gasteiger partial charge in [0.1, 0.15) is 17.7 Å². The minimum atomic E-state index is -0.685. The van der Waals surface area contributed by atoms with E-state index < -0.39 is 5.91 Å². The second kappa shape index (κ2) is 11.6. The molecule has 2 aromatic heterocycles. The molecule has 2 aromatic carbocycles. The predicted molar refractivity (Wildman–Crippen MR) is 147 cm³/mol. The molecule has 4 aromatic rings. The Morgan fingerprint density at radius 1 is 1.18 bits per heavy atom. The summed E-state index contributed by atoms with van der Waals surface area (Å²) in [5.41, 5.74) is 8.52. The van der Waals surface area contributed by atoms with Gasteiger partial charge in [-0.2, -0.15) is 10.1 Å². The van der Waals surface area contributed by atoms with Crippen molar-refractivity contribution in [3.8, 4) is 17.1 Å². The molecule has 0 unspecified atom stereocenters. The molecule has 38 heavy (non-hydrogen) atoms. The van der Waals surface area contributed by atoms with Gasteiger partial charge >= 0.3 is 0 Å². The van der Waals surface area contributed by atoms with Crippen molar-refractivity contribution < 1.29 is 9.53 Å². The fraction of sp³-hybridized carbons (Fsp3) is 0.154. The van der Waals surface area contributed by atoms with Gasteiger partial charge < -0.3 is 31.4 Å². The lowest BCUT2D eigenvalue weighted by Crippen LogP contribution is -2.25. The Bertz CT molecular complexity index is 1470. The molecular formula is C26H28N10O2. The summed E-state index contributed by atoms with van der Waals surface area (Å²) in [7, 11) is 5.10. The number of carbonyl (C=O) groups is 1. The third-order valence-corrected chi connectivity index (χ3v) is 5.50. The van der Waals surface area contributed by atoms with E-state index >= 15 is 0 Å². The average molecular weight is 513 g/mol. The van der Waals surface area contributed by atoms with E-state index in [2.05, 4.69) is 30.7 Å². The van der Waals surface area contributed by atoms with E-state index in [0.29, 0.717) is 40.9 Å². The lowest BCUT2D eigenvalue weighted by Gasteiger charge is -2.20. The lowest BCUT2D eigenvalue weighted by atomic mass is 10.1. The summed E-state index contributed by atoms with van der Waals surface area (Å²) in [5, 5.41) is 18.5. The minimum absolute atomic E-state index is 0.110. The number of likely N-dealkylation sites (N-methyl/N-ethyl adjacent to an activating group) is 1. The normalized spacial score (nSPS) is 11.1. The van der Waals surface area contributed by atoms with Crippen LogP contribution in [-0.2, 0) is 7.05 Å². The number of aryl methyl sites for hydroxylation is 1. The third-order valence-electron chi connectivity index (χ3n) is 5.50. The van der Waals surface area contributed by atoms with Crippen molar-refractivity contribution in [2.24, 2.45) is 12.8 Å². The monoisotopic (exact) mass is 512 g/mol. The summed E-state index contributed by atoms with van der Waals surface area (Å²) in [6, 6.07) is 15.1. The molecule has 0 aliphatic heterocycles. The SMILES string of the molecule is COc1c(Nc2nc(N(C)C/C(C=N)=C/Nc3ccccc3)ncc2C(N)=O)cccc1-c1ncn(C)n1. The number of rotatable bonds is 11. The fourth-order valence-corrected chi connectivity index (χ4v) is 3.64. The largest absolute Gasteiger partial charge is 0.494 e. The second-order valence-corrected chi connectivity index (χ2v) is 8.28. The Morgan fingerprint density at radius 2 is 1.97 bits per heavy atom. The van der Waals surface area contributed by atoms with E-state index in [4.69, 9.17) is 15.9 Å². The van der Waals surface area contributed by atoms with Crippen molar-refractivity contribution in [1.29, 1.82) is 5.41 Å². The molecule has 0 aliphatic carbocycles. The second-order valence-electron chi connectivity index (χ2n) is 8.28. The van der Waals surface area contributed by atoms with E-state index in [1.165, 1.54) is 19.5 Å². The number of aromatic nitrogens is 5. The van der Waals surface area contributed by atoms with Gasteiger partial charge in [-0.1, -0.05) is 24.3 Å². The molecule has 12 heteroatoms. The molecule has 0 atom stereocenters. The molecule has 1 amide bonds. The Hall–Kier alpha value is -5.26. The van der Waals surface area contributed by atoms with Gasteiger partial charge in [0.25, 0.3) is 5.91 Å². The quantitative estimate of drug-likeness (QED) is 0.221. The third kappa shape index (κ3) is 5.93. The van der Waals surface area contributed by atoms with Crippen molar-refractivity contribution in [3.63, 3.8) is 0 Å². The summed E-state index contributed by atoms with van der Waals surface area (Å²) in [6.07, 6.45) is 5.97. The number of benzene rings is 2. The molecule has 0 aliphatic rings. The highest BCUT2D eigenvalue weighted by Gasteiger charge is 2.19. The van der Waals surface area contributed by atoms with Gasteiger partial charge in [0.15, 0.2) is 11.6 Å². The molecular weight excluding hydrogens is 484 g/mol. The molecule has 0 bridgehead atoms. The molecule has 194 valence electrons. The molecule has 5 N–H and O–H groups in total. The van der Waals surface area contributed by atoms with Crippen LogP contribution in [0.15, 0.2) is 72.8 Å². The number of nitrogens with one attached hydrogen (secondary N) is 3. The van der Waals surface area contributed by atoms with Crippen LogP contribution in [0.25, 0.3) is 11.4 Å². The summed E-state index contributed by atoms with van der Waals surface area (Å²) in [4.78, 5) is 27.1. The number of methoxy groups -OCH3 is 1. The van der Waals surface area contributed by atoms with Gasteiger partial charge in [-0.25, -0.2) is 9.97 Å². The van der Waals surface area contributed by atoms with Crippen LogP contribution in [0.3, 0.4) is 0 Å². The van der Waals surface area contributed by atoms with E-state index in [1.54, 1.807) is 42.3 Å². The van der Waals surface area contributed by atoms with Gasteiger partial charge in [-0.3, -0.25) is 9.48 Å². The number of anilines is 4. The Labute approximate surface area is 219 Å². The summed E-state index contributed by atoms with van der Waals surface area (Å²) < 4.78 is 7.26. The van der Waals surface area contributed by atoms with Crippen LogP contribution in [0, 0.1) is 5.41 Å². The fourth-order valence-electron chi connectivity index (χ4n) is 3.64. The number of hydrogen-bond donors (Lipinski definition) is 4. The van der Waals surface area contributed by atoms with Gasteiger partial charge in [-0.05, 0) is 24.3 Å². The molecule has 12 nitrogen and oxygen atoms in total. The molecule has 0 spiro atoms. The first-order chi connectivity index (χ1) is 18.4. The van der Waals surface area contributed by atoms with E-state index in [0.717, 1.165) is 5.69 Å². The van der Waals surface area contributed by atoms with Crippen LogP contribution in [-0.4, -0.2) is 57.6 Å². The minimum Gasteiger partial charge on any atom is -0.494 e. The van der Waals surface area contributed by atoms with Crippen LogP contribution in [0.2, 0.25) is 0 Å². The van der Waals surface area contributed by atoms with Crippen LogP contribution in [0.5, 0.6) is 5.75 Å². The first kappa shape index (κ1) is 25.8. The summed E-state index contributed by atoms with van der Waals surface area (Å²) >= 11 is 0. The number of ether oxygens (including phenoxy) is 1. The van der Waals surface area contributed by atoms with Crippen LogP contribution < -0.4 is 26.0 Å². The van der Waals surface area contributed by atoms with E-state index in [1.807, 2.05) is 42.5 Å². The van der Waals surface area contributed by atoms with Crippen molar-refractivity contribution in [2.75, 3.05) is 36.2 Å². The van der Waals surface area contributed by atoms with Gasteiger partial charge in [0, 0.05) is 50.5 Å². The number of para-hydroxylation sites is 2. The predicted octanol–water partition coefficient (Wildman–Crippen LogP) is 3.20. The Morgan fingerprint density at radius 3 is 2.63 bits per heavy atom. The number of hydrogen-bond acceptors (Lipinski definition) is 10. The van der Waals surface area contributed by atoms with Gasteiger partial charge in [-0.15, -0.1) is 0 Å². The zero-order chi connectivity index (χ0) is 27.1. The van der Waals surface area contributed by atoms with Crippen molar-refractivity contribution in [2.45, 2.75) is 0 Å². The Kier molecular flexibility index (Phi) is 7.92. The van der Waals surface area contributed by atoms with Crippen molar-refractivity contribution >= 4 is 35.3 Å². The highest BCUT2D eigenvalue weighted by molar-refractivity contribution is 5.98.